The van der Waals surface area contributed by atoms with Crippen molar-refractivity contribution in [1.29, 1.82) is 0 Å². The molecule has 0 saturated heterocycles. The van der Waals surface area contributed by atoms with Crippen molar-refractivity contribution in [1.82, 2.24) is 0 Å². The number of rotatable bonds is 0. The lowest BCUT2D eigenvalue weighted by atomic mass is 9.94. The number of hydrogen-bond donors (Lipinski definition) is 0. The van der Waals surface area contributed by atoms with E-state index in [4.69, 9.17) is 0 Å². The van der Waals surface area contributed by atoms with Gasteiger partial charge in [-0.2, -0.15) is 0 Å². The molecule has 6 aromatic carbocycles. The Morgan fingerprint density at radius 3 is 1.40 bits per heavy atom. The lowest BCUT2D eigenvalue weighted by Crippen LogP contribution is -2.46. The van der Waals surface area contributed by atoms with Crippen LogP contribution in [-0.2, 0) is 0 Å². The molecule has 0 aliphatic carbocycles. The molecule has 0 fully saturated rings. The standard InChI is InChI=1S/C26H12O4/c27-23-21-10-16-6-5-15-9-17-7-13-3-1-2-4-14(13)8-18(17)11-19(15)20(16)12-22(21)24(28)26(30)25(23)29/h1-12H. The quantitative estimate of drug-likeness (QED) is 0.226. The Morgan fingerprint density at radius 2 is 0.767 bits per heavy atom. The lowest BCUT2D eigenvalue weighted by molar-refractivity contribution is 1.40. The highest BCUT2D eigenvalue weighted by molar-refractivity contribution is 6.16. The minimum absolute atomic E-state index is 0.00297. The first-order chi connectivity index (χ1) is 14.5. The maximum absolute atomic E-state index is 12.4. The molecule has 4 heteroatoms. The minimum Gasteiger partial charge on any atom is -0.285 e. The molecular formula is C26H12O4. The van der Waals surface area contributed by atoms with Crippen LogP contribution in [0.5, 0.6) is 0 Å². The van der Waals surface area contributed by atoms with E-state index in [2.05, 4.69) is 36.4 Å². The van der Waals surface area contributed by atoms with Crippen LogP contribution in [0.3, 0.4) is 0 Å². The zero-order valence-electron chi connectivity index (χ0n) is 15.6. The molecule has 0 saturated carbocycles. The maximum Gasteiger partial charge on any atom is 0.277 e. The summed E-state index contributed by atoms with van der Waals surface area (Å²) in [5.74, 6) is 0. The predicted molar refractivity (Wildman–Crippen MR) is 121 cm³/mol. The van der Waals surface area contributed by atoms with Crippen molar-refractivity contribution in [2.45, 2.75) is 0 Å². The smallest absolute Gasteiger partial charge is 0.277 e. The summed E-state index contributed by atoms with van der Waals surface area (Å²) in [6.07, 6.45) is 0. The fourth-order valence-electron chi connectivity index (χ4n) is 4.37. The Hall–Kier alpha value is -4.18. The average molecular weight is 388 g/mol. The summed E-state index contributed by atoms with van der Waals surface area (Å²) >= 11 is 0. The van der Waals surface area contributed by atoms with Crippen LogP contribution in [-0.4, -0.2) is 0 Å². The van der Waals surface area contributed by atoms with Crippen LogP contribution in [0.2, 0.25) is 0 Å². The summed E-state index contributed by atoms with van der Waals surface area (Å²) in [5.41, 5.74) is -4.35. The largest absolute Gasteiger partial charge is 0.285 e. The number of benzene rings is 6. The highest BCUT2D eigenvalue weighted by Crippen LogP contribution is 2.32. The van der Waals surface area contributed by atoms with Gasteiger partial charge in [0, 0.05) is 10.8 Å². The van der Waals surface area contributed by atoms with Crippen LogP contribution in [0.25, 0.3) is 53.9 Å². The van der Waals surface area contributed by atoms with Crippen molar-refractivity contribution in [2.75, 3.05) is 0 Å². The minimum atomic E-state index is -1.26. The Morgan fingerprint density at radius 1 is 0.333 bits per heavy atom. The number of fused-ring (bicyclic) bond motifs is 6. The molecule has 0 unspecified atom stereocenters. The van der Waals surface area contributed by atoms with Crippen molar-refractivity contribution >= 4 is 53.9 Å². The van der Waals surface area contributed by atoms with Crippen molar-refractivity contribution in [3.63, 3.8) is 0 Å². The van der Waals surface area contributed by atoms with E-state index in [-0.39, 0.29) is 10.8 Å². The Kier molecular flexibility index (Phi) is 3.17. The third-order valence-electron chi connectivity index (χ3n) is 5.90. The molecule has 6 aromatic rings. The van der Waals surface area contributed by atoms with Gasteiger partial charge in [0.15, 0.2) is 0 Å². The van der Waals surface area contributed by atoms with Gasteiger partial charge in [0.25, 0.3) is 10.9 Å². The molecule has 0 radical (unpaired) electrons. The van der Waals surface area contributed by atoms with Crippen molar-refractivity contribution in [2.24, 2.45) is 0 Å². The molecule has 0 bridgehead atoms. The predicted octanol–water partition coefficient (Wildman–Crippen LogP) is 3.77. The van der Waals surface area contributed by atoms with E-state index in [9.17, 15) is 19.2 Å². The van der Waals surface area contributed by atoms with E-state index in [1.54, 1.807) is 12.1 Å². The van der Waals surface area contributed by atoms with Crippen LogP contribution in [0, 0.1) is 0 Å². The summed E-state index contributed by atoms with van der Waals surface area (Å²) in [4.78, 5) is 48.3. The van der Waals surface area contributed by atoms with Crippen molar-refractivity contribution in [3.8, 4) is 0 Å². The van der Waals surface area contributed by atoms with Gasteiger partial charge in [0.05, 0.1) is 0 Å². The summed E-state index contributed by atoms with van der Waals surface area (Å²) in [7, 11) is 0. The summed E-state index contributed by atoms with van der Waals surface area (Å²) in [6.45, 7) is 0. The van der Waals surface area contributed by atoms with E-state index >= 15 is 0 Å². The van der Waals surface area contributed by atoms with E-state index < -0.39 is 21.7 Å². The van der Waals surface area contributed by atoms with Crippen molar-refractivity contribution < 1.29 is 0 Å². The normalized spacial score (nSPS) is 11.9. The molecule has 6 rings (SSSR count). The van der Waals surface area contributed by atoms with Crippen molar-refractivity contribution in [3.05, 3.63) is 114 Å². The average Bonchev–Trinajstić information content (AvgIpc) is 2.77. The number of hydrogen-bond acceptors (Lipinski definition) is 4. The van der Waals surface area contributed by atoms with Gasteiger partial charge in [-0.3, -0.25) is 19.2 Å². The van der Waals surface area contributed by atoms with Crippen LogP contribution in [0.15, 0.2) is 92.0 Å². The molecule has 30 heavy (non-hydrogen) atoms. The second kappa shape index (κ2) is 5.67. The van der Waals surface area contributed by atoms with Crippen LogP contribution in [0.1, 0.15) is 0 Å². The zero-order chi connectivity index (χ0) is 20.6. The van der Waals surface area contributed by atoms with Crippen LogP contribution < -0.4 is 21.7 Å². The molecule has 4 nitrogen and oxygen atoms in total. The monoisotopic (exact) mass is 388 g/mol. The zero-order valence-corrected chi connectivity index (χ0v) is 15.6. The molecule has 0 aliphatic heterocycles. The maximum atomic E-state index is 12.4. The SMILES string of the molecule is O=c1c(=O)c(=O)c2cc3c(ccc4cc5cc6ccccc6cc5cc43)cc2c1=O. The Balaban J connectivity index is 1.81. The molecule has 0 amide bonds. The first kappa shape index (κ1) is 16.7. The molecule has 0 aliphatic rings. The van der Waals surface area contributed by atoms with Gasteiger partial charge in [-0.15, -0.1) is 0 Å². The van der Waals surface area contributed by atoms with Gasteiger partial charge in [-0.05, 0) is 79.5 Å². The fraction of sp³-hybridized carbons (Fsp3) is 0. The first-order valence-corrected chi connectivity index (χ1v) is 9.52. The molecule has 140 valence electrons. The fourth-order valence-corrected chi connectivity index (χ4v) is 4.37. The topological polar surface area (TPSA) is 68.3 Å². The van der Waals surface area contributed by atoms with Gasteiger partial charge in [-0.1, -0.05) is 36.4 Å². The molecule has 0 spiro atoms. The Labute approximate surface area is 167 Å². The summed E-state index contributed by atoms with van der Waals surface area (Å²) in [5, 5.41) is 7.87. The van der Waals surface area contributed by atoms with E-state index in [1.165, 1.54) is 0 Å². The van der Waals surface area contributed by atoms with Gasteiger partial charge < -0.3 is 0 Å². The first-order valence-electron chi connectivity index (χ1n) is 9.52. The van der Waals surface area contributed by atoms with Gasteiger partial charge in [0.2, 0.25) is 10.9 Å². The molecule has 0 atom stereocenters. The summed E-state index contributed by atoms with van der Waals surface area (Å²) in [6, 6.07) is 23.5. The molecule has 0 aromatic heterocycles. The second-order valence-corrected chi connectivity index (χ2v) is 7.62. The summed E-state index contributed by atoms with van der Waals surface area (Å²) < 4.78 is 0. The van der Waals surface area contributed by atoms with Gasteiger partial charge in [0.1, 0.15) is 0 Å². The highest BCUT2D eigenvalue weighted by atomic mass is 16.2. The van der Waals surface area contributed by atoms with Crippen LogP contribution in [0.4, 0.5) is 0 Å². The van der Waals surface area contributed by atoms with Gasteiger partial charge >= 0.3 is 0 Å². The molecule has 0 heterocycles. The highest BCUT2D eigenvalue weighted by Gasteiger charge is 2.14. The Bertz CT molecular complexity index is 1920. The molecular weight excluding hydrogens is 376 g/mol. The second-order valence-electron chi connectivity index (χ2n) is 7.62. The molecule has 0 N–H and O–H groups in total. The van der Waals surface area contributed by atoms with E-state index in [0.29, 0.717) is 0 Å². The lowest BCUT2D eigenvalue weighted by Gasteiger charge is -2.09. The van der Waals surface area contributed by atoms with Crippen LogP contribution >= 0.6 is 0 Å². The van der Waals surface area contributed by atoms with E-state index in [1.807, 2.05) is 24.3 Å². The van der Waals surface area contributed by atoms with E-state index in [0.717, 1.165) is 43.1 Å². The third-order valence-corrected chi connectivity index (χ3v) is 5.90. The third kappa shape index (κ3) is 2.16. The van der Waals surface area contributed by atoms with Gasteiger partial charge in [-0.25, -0.2) is 0 Å².